The van der Waals surface area contributed by atoms with E-state index >= 15 is 0 Å². The molecule has 0 aromatic carbocycles. The van der Waals surface area contributed by atoms with Crippen molar-refractivity contribution >= 4 is 5.97 Å². The predicted molar refractivity (Wildman–Crippen MR) is 48.2 cm³/mol. The van der Waals surface area contributed by atoms with Gasteiger partial charge in [-0.05, 0) is 12.8 Å². The first-order valence-corrected chi connectivity index (χ1v) is 4.42. The first kappa shape index (κ1) is 10.1. The minimum absolute atomic E-state index is 0.116. The van der Waals surface area contributed by atoms with E-state index in [-0.39, 0.29) is 12.5 Å². The van der Waals surface area contributed by atoms with Crippen molar-refractivity contribution in [1.29, 1.82) is 0 Å². The summed E-state index contributed by atoms with van der Waals surface area (Å²) in [6.45, 7) is 5.18. The molecule has 0 spiro atoms. The molecule has 0 unspecified atom stereocenters. The highest BCUT2D eigenvalue weighted by molar-refractivity contribution is 5.66. The molecular weight excluding hydrogens is 170 g/mol. The Morgan fingerprint density at radius 1 is 1.54 bits per heavy atom. The van der Waals surface area contributed by atoms with Crippen LogP contribution in [0.25, 0.3) is 0 Å². The Hall–Kier alpha value is -1.03. The van der Waals surface area contributed by atoms with Crippen LogP contribution in [0.5, 0.6) is 0 Å². The molecule has 0 saturated carbocycles. The molecular formula is C9H15NO3. The number of aliphatic carboxylic acids is 1. The maximum atomic E-state index is 10.3. The Morgan fingerprint density at radius 2 is 2.23 bits per heavy atom. The van der Waals surface area contributed by atoms with Crippen LogP contribution >= 0.6 is 0 Å². The highest BCUT2D eigenvalue weighted by atomic mass is 16.4. The lowest BCUT2D eigenvalue weighted by atomic mass is 10.2. The van der Waals surface area contributed by atoms with E-state index in [9.17, 15) is 9.90 Å². The lowest BCUT2D eigenvalue weighted by molar-refractivity contribution is -0.137. The minimum Gasteiger partial charge on any atom is -0.481 e. The van der Waals surface area contributed by atoms with Crippen LogP contribution in [0.1, 0.15) is 19.3 Å². The van der Waals surface area contributed by atoms with Gasteiger partial charge in [0, 0.05) is 18.8 Å². The number of hydrogen-bond acceptors (Lipinski definition) is 3. The van der Waals surface area contributed by atoms with Gasteiger partial charge in [0.25, 0.3) is 0 Å². The molecule has 0 bridgehead atoms. The smallest absolute Gasteiger partial charge is 0.303 e. The van der Waals surface area contributed by atoms with Crippen LogP contribution in [0.3, 0.4) is 0 Å². The molecule has 1 aliphatic rings. The van der Waals surface area contributed by atoms with Gasteiger partial charge in [-0.15, -0.1) is 0 Å². The fraction of sp³-hybridized carbons (Fsp3) is 0.667. The number of carboxylic acid groups (broad SMARTS) is 1. The number of aliphatic hydroxyl groups excluding tert-OH is 1. The van der Waals surface area contributed by atoms with E-state index in [1.807, 2.05) is 4.90 Å². The van der Waals surface area contributed by atoms with Gasteiger partial charge in [0.15, 0.2) is 0 Å². The van der Waals surface area contributed by atoms with Crippen LogP contribution in [0.15, 0.2) is 12.3 Å². The molecule has 0 radical (unpaired) electrons. The fourth-order valence-corrected chi connectivity index (χ4v) is 1.44. The van der Waals surface area contributed by atoms with Gasteiger partial charge in [-0.3, -0.25) is 4.79 Å². The Bertz CT molecular complexity index is 215. The number of likely N-dealkylation sites (tertiary alicyclic amines) is 1. The van der Waals surface area contributed by atoms with E-state index in [0.717, 1.165) is 18.7 Å². The summed E-state index contributed by atoms with van der Waals surface area (Å²) in [5.74, 6) is -0.805. The molecule has 1 aliphatic heterocycles. The van der Waals surface area contributed by atoms with Gasteiger partial charge in [-0.1, -0.05) is 6.58 Å². The van der Waals surface area contributed by atoms with Gasteiger partial charge >= 0.3 is 5.97 Å². The summed E-state index contributed by atoms with van der Waals surface area (Å²) in [4.78, 5) is 12.2. The van der Waals surface area contributed by atoms with E-state index in [1.165, 1.54) is 0 Å². The van der Waals surface area contributed by atoms with Crippen molar-refractivity contribution in [3.05, 3.63) is 12.3 Å². The quantitative estimate of drug-likeness (QED) is 0.667. The maximum absolute atomic E-state index is 10.3. The summed E-state index contributed by atoms with van der Waals surface area (Å²) in [7, 11) is 0. The lowest BCUT2D eigenvalue weighted by Gasteiger charge is -2.19. The third-order valence-corrected chi connectivity index (χ3v) is 2.24. The molecule has 4 heteroatoms. The Labute approximate surface area is 77.5 Å². The molecule has 0 aromatic rings. The summed E-state index contributed by atoms with van der Waals surface area (Å²) >= 11 is 0. The molecule has 1 atom stereocenters. The van der Waals surface area contributed by atoms with Crippen molar-refractivity contribution in [2.75, 3.05) is 13.1 Å². The zero-order valence-corrected chi connectivity index (χ0v) is 7.57. The second-order valence-electron chi connectivity index (χ2n) is 3.35. The van der Waals surface area contributed by atoms with Crippen molar-refractivity contribution in [2.24, 2.45) is 0 Å². The molecule has 13 heavy (non-hydrogen) atoms. The standard InChI is InChI=1S/C9H15NO3/c1-7(2-3-9(12)13)10-5-4-8(11)6-10/h8,11H,1-6H2,(H,12,13)/t8-/m1/s1. The average Bonchev–Trinajstić information content (AvgIpc) is 2.47. The van der Waals surface area contributed by atoms with E-state index in [2.05, 4.69) is 6.58 Å². The SMILES string of the molecule is C=C(CCC(=O)O)N1CC[C@@H](O)C1. The van der Waals surface area contributed by atoms with Gasteiger partial charge in [0.2, 0.25) is 0 Å². The van der Waals surface area contributed by atoms with Gasteiger partial charge in [0.05, 0.1) is 12.5 Å². The van der Waals surface area contributed by atoms with Crippen LogP contribution in [-0.2, 0) is 4.79 Å². The monoisotopic (exact) mass is 185 g/mol. The summed E-state index contributed by atoms with van der Waals surface area (Å²) in [6, 6.07) is 0. The summed E-state index contributed by atoms with van der Waals surface area (Å²) < 4.78 is 0. The second-order valence-corrected chi connectivity index (χ2v) is 3.35. The van der Waals surface area contributed by atoms with Crippen molar-refractivity contribution in [1.82, 2.24) is 4.90 Å². The van der Waals surface area contributed by atoms with E-state index in [1.54, 1.807) is 0 Å². The van der Waals surface area contributed by atoms with Gasteiger partial charge < -0.3 is 15.1 Å². The number of hydrogen-bond donors (Lipinski definition) is 2. The van der Waals surface area contributed by atoms with Crippen LogP contribution in [0.4, 0.5) is 0 Å². The molecule has 0 aromatic heterocycles. The molecule has 4 nitrogen and oxygen atoms in total. The fourth-order valence-electron chi connectivity index (χ4n) is 1.44. The van der Waals surface area contributed by atoms with E-state index in [0.29, 0.717) is 13.0 Å². The Balaban J connectivity index is 2.27. The third-order valence-electron chi connectivity index (χ3n) is 2.24. The first-order valence-electron chi connectivity index (χ1n) is 4.42. The van der Waals surface area contributed by atoms with E-state index in [4.69, 9.17) is 5.11 Å². The van der Waals surface area contributed by atoms with Gasteiger partial charge in [0.1, 0.15) is 0 Å². The zero-order valence-electron chi connectivity index (χ0n) is 7.57. The highest BCUT2D eigenvalue weighted by Gasteiger charge is 2.20. The number of β-amino-alcohol motifs (C(OH)–C–C–N with tert-alkyl or cyclic N) is 1. The normalized spacial score (nSPS) is 21.9. The number of rotatable bonds is 4. The largest absolute Gasteiger partial charge is 0.481 e. The minimum atomic E-state index is -0.805. The number of carboxylic acids is 1. The Kier molecular flexibility index (Phi) is 3.31. The number of nitrogens with zero attached hydrogens (tertiary/aromatic N) is 1. The predicted octanol–water partition coefficient (Wildman–Crippen LogP) is 0.432. The first-order chi connectivity index (χ1) is 6.09. The molecule has 1 rings (SSSR count). The van der Waals surface area contributed by atoms with Crippen LogP contribution in [0, 0.1) is 0 Å². The summed E-state index contributed by atoms with van der Waals surface area (Å²) in [5, 5.41) is 17.7. The number of allylic oxidation sites excluding steroid dienone is 1. The van der Waals surface area contributed by atoms with Crippen LogP contribution < -0.4 is 0 Å². The lowest BCUT2D eigenvalue weighted by Crippen LogP contribution is -2.21. The number of aliphatic hydroxyl groups is 1. The van der Waals surface area contributed by atoms with Crippen molar-refractivity contribution in [3.63, 3.8) is 0 Å². The summed E-state index contributed by atoms with van der Waals surface area (Å²) in [5.41, 5.74) is 0.818. The van der Waals surface area contributed by atoms with Crippen molar-refractivity contribution in [2.45, 2.75) is 25.4 Å². The Morgan fingerprint density at radius 3 is 2.69 bits per heavy atom. The topological polar surface area (TPSA) is 60.8 Å². The maximum Gasteiger partial charge on any atom is 0.303 e. The number of carbonyl (C=O) groups is 1. The molecule has 0 amide bonds. The molecule has 1 heterocycles. The molecule has 1 saturated heterocycles. The van der Waals surface area contributed by atoms with Gasteiger partial charge in [-0.25, -0.2) is 0 Å². The second kappa shape index (κ2) is 4.28. The van der Waals surface area contributed by atoms with Crippen molar-refractivity contribution in [3.8, 4) is 0 Å². The molecule has 1 fully saturated rings. The molecule has 0 aliphatic carbocycles. The van der Waals surface area contributed by atoms with E-state index < -0.39 is 5.97 Å². The highest BCUT2D eigenvalue weighted by Crippen LogP contribution is 2.17. The molecule has 2 N–H and O–H groups in total. The third kappa shape index (κ3) is 3.06. The molecule has 74 valence electrons. The van der Waals surface area contributed by atoms with Crippen LogP contribution in [-0.4, -0.2) is 40.3 Å². The van der Waals surface area contributed by atoms with Crippen LogP contribution in [0.2, 0.25) is 0 Å². The van der Waals surface area contributed by atoms with Crippen molar-refractivity contribution < 1.29 is 15.0 Å². The van der Waals surface area contributed by atoms with Gasteiger partial charge in [-0.2, -0.15) is 0 Å². The average molecular weight is 185 g/mol. The summed E-state index contributed by atoms with van der Waals surface area (Å²) in [6.07, 6.45) is 1.07. The zero-order chi connectivity index (χ0) is 9.84.